The van der Waals surface area contributed by atoms with Crippen LogP contribution >= 0.6 is 11.8 Å². The number of hydrogen-bond donors (Lipinski definition) is 1. The second-order valence-corrected chi connectivity index (χ2v) is 6.41. The Morgan fingerprint density at radius 3 is 2.62 bits per heavy atom. The summed E-state index contributed by atoms with van der Waals surface area (Å²) < 4.78 is 5.06. The number of amides is 1. The minimum atomic E-state index is -0.119. The topological polar surface area (TPSA) is 38.3 Å². The molecule has 0 aromatic heterocycles. The number of carbonyl (C=O) groups excluding carboxylic acids is 1. The van der Waals surface area contributed by atoms with E-state index in [1.54, 1.807) is 24.9 Å². The fraction of sp³-hybridized carbons (Fsp3) is 0.250. The van der Waals surface area contributed by atoms with Crippen molar-refractivity contribution >= 4 is 29.4 Å². The predicted octanol–water partition coefficient (Wildman–Crippen LogP) is 4.86. The lowest BCUT2D eigenvalue weighted by Gasteiger charge is -2.09. The largest absolute Gasteiger partial charge is 0.385 e. The molecule has 2 rings (SSSR count). The average molecular weight is 341 g/mol. The van der Waals surface area contributed by atoms with Gasteiger partial charge in [-0.25, -0.2) is 0 Å². The third-order valence-corrected chi connectivity index (χ3v) is 4.53. The molecule has 1 N–H and O–H groups in total. The standard InChI is InChI=1S/C20H23NO2S/c1-23-15-7-8-16-24-19-12-6-5-11-18(19)21-20(22)14-13-17-9-3-2-4-10-17/h2-6,9-14H,7-8,15-16H2,1H3,(H,21,22)/b14-13+. The van der Waals surface area contributed by atoms with Crippen LogP contribution in [0, 0.1) is 0 Å². The summed E-state index contributed by atoms with van der Waals surface area (Å²) in [6.07, 6.45) is 5.53. The monoisotopic (exact) mass is 341 g/mol. The van der Waals surface area contributed by atoms with Gasteiger partial charge in [0, 0.05) is 24.7 Å². The number of methoxy groups -OCH3 is 1. The molecule has 0 aliphatic rings. The van der Waals surface area contributed by atoms with E-state index in [0.29, 0.717) is 0 Å². The molecule has 0 radical (unpaired) electrons. The molecule has 0 bridgehead atoms. The van der Waals surface area contributed by atoms with Crippen molar-refractivity contribution in [1.82, 2.24) is 0 Å². The maximum absolute atomic E-state index is 12.1. The number of unbranched alkanes of at least 4 members (excludes halogenated alkanes) is 1. The van der Waals surface area contributed by atoms with Crippen molar-refractivity contribution in [3.8, 4) is 0 Å². The van der Waals surface area contributed by atoms with Gasteiger partial charge < -0.3 is 10.1 Å². The van der Waals surface area contributed by atoms with Gasteiger partial charge in [0.05, 0.1) is 5.69 Å². The lowest BCUT2D eigenvalue weighted by molar-refractivity contribution is -0.111. The summed E-state index contributed by atoms with van der Waals surface area (Å²) >= 11 is 1.76. The van der Waals surface area contributed by atoms with Crippen molar-refractivity contribution in [2.45, 2.75) is 17.7 Å². The summed E-state index contributed by atoms with van der Waals surface area (Å²) in [6.45, 7) is 0.795. The molecule has 126 valence electrons. The van der Waals surface area contributed by atoms with Gasteiger partial charge in [0.2, 0.25) is 5.91 Å². The van der Waals surface area contributed by atoms with Gasteiger partial charge in [0.25, 0.3) is 0 Å². The van der Waals surface area contributed by atoms with E-state index in [9.17, 15) is 4.79 Å². The van der Waals surface area contributed by atoms with E-state index in [1.807, 2.05) is 60.7 Å². The number of rotatable bonds is 9. The maximum Gasteiger partial charge on any atom is 0.248 e. The van der Waals surface area contributed by atoms with Gasteiger partial charge in [0.15, 0.2) is 0 Å². The van der Waals surface area contributed by atoms with E-state index in [2.05, 4.69) is 5.32 Å². The van der Waals surface area contributed by atoms with Crippen LogP contribution in [0.2, 0.25) is 0 Å². The maximum atomic E-state index is 12.1. The molecule has 2 aromatic carbocycles. The van der Waals surface area contributed by atoms with Crippen molar-refractivity contribution in [3.63, 3.8) is 0 Å². The Labute approximate surface area is 148 Å². The molecule has 0 spiro atoms. The van der Waals surface area contributed by atoms with Gasteiger partial charge in [-0.05, 0) is 42.4 Å². The van der Waals surface area contributed by atoms with E-state index >= 15 is 0 Å². The predicted molar refractivity (Wildman–Crippen MR) is 102 cm³/mol. The quantitative estimate of drug-likeness (QED) is 0.402. The summed E-state index contributed by atoms with van der Waals surface area (Å²) in [7, 11) is 1.72. The van der Waals surface area contributed by atoms with Crippen LogP contribution in [0.4, 0.5) is 5.69 Å². The van der Waals surface area contributed by atoms with Crippen LogP contribution < -0.4 is 5.32 Å². The molecule has 2 aromatic rings. The van der Waals surface area contributed by atoms with Crippen LogP contribution in [0.1, 0.15) is 18.4 Å². The molecule has 24 heavy (non-hydrogen) atoms. The van der Waals surface area contributed by atoms with Crippen LogP contribution in [-0.2, 0) is 9.53 Å². The Hall–Kier alpha value is -2.04. The van der Waals surface area contributed by atoms with Crippen molar-refractivity contribution < 1.29 is 9.53 Å². The zero-order valence-corrected chi connectivity index (χ0v) is 14.7. The van der Waals surface area contributed by atoms with Crippen LogP contribution in [0.15, 0.2) is 65.6 Å². The molecular formula is C20H23NO2S. The molecule has 0 saturated heterocycles. The third-order valence-electron chi connectivity index (χ3n) is 3.37. The highest BCUT2D eigenvalue weighted by atomic mass is 32.2. The SMILES string of the molecule is COCCCCSc1ccccc1NC(=O)/C=C/c1ccccc1. The number of para-hydroxylation sites is 1. The van der Waals surface area contributed by atoms with Gasteiger partial charge in [-0.2, -0.15) is 0 Å². The Morgan fingerprint density at radius 2 is 1.83 bits per heavy atom. The van der Waals surface area contributed by atoms with Crippen LogP contribution in [0.3, 0.4) is 0 Å². The Morgan fingerprint density at radius 1 is 1.08 bits per heavy atom. The molecule has 0 unspecified atom stereocenters. The Bertz CT molecular complexity index is 656. The van der Waals surface area contributed by atoms with Crippen molar-refractivity contribution in [2.24, 2.45) is 0 Å². The van der Waals surface area contributed by atoms with Crippen molar-refractivity contribution in [3.05, 3.63) is 66.2 Å². The first-order valence-electron chi connectivity index (χ1n) is 8.04. The van der Waals surface area contributed by atoms with E-state index in [1.165, 1.54) is 0 Å². The molecule has 0 fully saturated rings. The number of benzene rings is 2. The molecule has 3 nitrogen and oxygen atoms in total. The first-order chi connectivity index (χ1) is 11.8. The van der Waals surface area contributed by atoms with Gasteiger partial charge in [-0.3, -0.25) is 4.79 Å². The summed E-state index contributed by atoms with van der Waals surface area (Å²) in [5.74, 6) is 0.891. The Kier molecular flexibility index (Phi) is 8.15. The molecule has 0 aliphatic carbocycles. The van der Waals surface area contributed by atoms with Crippen molar-refractivity contribution in [2.75, 3.05) is 24.8 Å². The number of carbonyl (C=O) groups is 1. The van der Waals surface area contributed by atoms with E-state index in [-0.39, 0.29) is 5.91 Å². The average Bonchev–Trinajstić information content (AvgIpc) is 2.62. The first-order valence-corrected chi connectivity index (χ1v) is 9.03. The van der Waals surface area contributed by atoms with Gasteiger partial charge >= 0.3 is 0 Å². The molecule has 1 amide bonds. The zero-order valence-electron chi connectivity index (χ0n) is 13.9. The van der Waals surface area contributed by atoms with E-state index in [4.69, 9.17) is 4.74 Å². The second kappa shape index (κ2) is 10.7. The molecule has 0 aliphatic heterocycles. The lowest BCUT2D eigenvalue weighted by Crippen LogP contribution is -2.08. The number of ether oxygens (including phenoxy) is 1. The van der Waals surface area contributed by atoms with Gasteiger partial charge in [0.1, 0.15) is 0 Å². The minimum absolute atomic E-state index is 0.119. The van der Waals surface area contributed by atoms with Crippen LogP contribution in [0.25, 0.3) is 6.08 Å². The highest BCUT2D eigenvalue weighted by Crippen LogP contribution is 2.27. The highest BCUT2D eigenvalue weighted by Gasteiger charge is 2.05. The van der Waals surface area contributed by atoms with E-state index in [0.717, 1.165) is 41.3 Å². The first kappa shape index (κ1) is 18.3. The summed E-state index contributed by atoms with van der Waals surface area (Å²) in [5.41, 5.74) is 1.87. The number of anilines is 1. The molecule has 4 heteroatoms. The summed E-state index contributed by atoms with van der Waals surface area (Å²) in [4.78, 5) is 13.2. The second-order valence-electron chi connectivity index (χ2n) is 5.28. The number of thioether (sulfide) groups is 1. The lowest BCUT2D eigenvalue weighted by atomic mass is 10.2. The summed E-state index contributed by atoms with van der Waals surface area (Å²) in [6, 6.07) is 17.7. The number of nitrogens with one attached hydrogen (secondary N) is 1. The van der Waals surface area contributed by atoms with Crippen molar-refractivity contribution in [1.29, 1.82) is 0 Å². The smallest absolute Gasteiger partial charge is 0.248 e. The molecule has 0 atom stereocenters. The fourth-order valence-corrected chi connectivity index (χ4v) is 3.15. The molecular weight excluding hydrogens is 318 g/mol. The zero-order chi connectivity index (χ0) is 17.0. The Balaban J connectivity index is 1.89. The molecule has 0 heterocycles. The molecule has 0 saturated carbocycles. The van der Waals surface area contributed by atoms with Gasteiger partial charge in [-0.1, -0.05) is 42.5 Å². The number of hydrogen-bond acceptors (Lipinski definition) is 3. The normalized spacial score (nSPS) is 10.9. The highest BCUT2D eigenvalue weighted by molar-refractivity contribution is 7.99. The van der Waals surface area contributed by atoms with Crippen LogP contribution in [-0.4, -0.2) is 25.4 Å². The van der Waals surface area contributed by atoms with E-state index < -0.39 is 0 Å². The third kappa shape index (κ3) is 6.60. The van der Waals surface area contributed by atoms with Gasteiger partial charge in [-0.15, -0.1) is 11.8 Å². The van der Waals surface area contributed by atoms with Crippen LogP contribution in [0.5, 0.6) is 0 Å². The summed E-state index contributed by atoms with van der Waals surface area (Å²) in [5, 5.41) is 2.96. The fourth-order valence-electron chi connectivity index (χ4n) is 2.14. The minimum Gasteiger partial charge on any atom is -0.385 e.